The predicted octanol–water partition coefficient (Wildman–Crippen LogP) is 4.87. The molecular weight excluding hydrogens is 354 g/mol. The van der Waals surface area contributed by atoms with Crippen LogP contribution in [-0.4, -0.2) is 36.3 Å². The molecule has 1 aromatic carbocycles. The monoisotopic (exact) mass is 377 g/mol. The SMILES string of the molecule is CC(C)(C)OC(=O)N1CCCC(COc2cc(C(F)(F)F)ccc2F)C1. The second kappa shape index (κ2) is 7.72. The van der Waals surface area contributed by atoms with Gasteiger partial charge >= 0.3 is 12.3 Å². The maximum Gasteiger partial charge on any atom is 0.416 e. The lowest BCUT2D eigenvalue weighted by molar-refractivity contribution is -0.137. The zero-order chi connectivity index (χ0) is 19.5. The number of carbonyl (C=O) groups is 1. The van der Waals surface area contributed by atoms with Crippen LogP contribution in [0.5, 0.6) is 5.75 Å². The van der Waals surface area contributed by atoms with Gasteiger partial charge < -0.3 is 14.4 Å². The topological polar surface area (TPSA) is 38.8 Å². The molecule has 0 N–H and O–H groups in total. The standard InChI is InChI=1S/C18H23F4NO3/c1-17(2,3)26-16(24)23-8-4-5-12(10-23)11-25-15-9-13(18(20,21)22)6-7-14(15)19/h6-7,9,12H,4-5,8,10-11H2,1-3H3. The lowest BCUT2D eigenvalue weighted by Gasteiger charge is -2.34. The molecule has 1 amide bonds. The van der Waals surface area contributed by atoms with Crippen molar-refractivity contribution in [2.75, 3.05) is 19.7 Å². The minimum atomic E-state index is -4.57. The summed E-state index contributed by atoms with van der Waals surface area (Å²) in [5.74, 6) is -1.39. The van der Waals surface area contributed by atoms with E-state index in [0.29, 0.717) is 25.2 Å². The van der Waals surface area contributed by atoms with E-state index in [1.165, 1.54) is 0 Å². The molecule has 0 aliphatic carbocycles. The largest absolute Gasteiger partial charge is 0.490 e. The summed E-state index contributed by atoms with van der Waals surface area (Å²) in [5.41, 5.74) is -1.57. The summed E-state index contributed by atoms with van der Waals surface area (Å²) in [6.07, 6.45) is -3.55. The number of piperidine rings is 1. The van der Waals surface area contributed by atoms with Gasteiger partial charge in [0.2, 0.25) is 0 Å². The highest BCUT2D eigenvalue weighted by Crippen LogP contribution is 2.33. The van der Waals surface area contributed by atoms with Crippen LogP contribution in [0.1, 0.15) is 39.2 Å². The molecule has 146 valence electrons. The van der Waals surface area contributed by atoms with E-state index in [9.17, 15) is 22.4 Å². The molecule has 0 spiro atoms. The van der Waals surface area contributed by atoms with Crippen molar-refractivity contribution in [1.29, 1.82) is 0 Å². The molecular formula is C18H23F4NO3. The molecule has 1 unspecified atom stereocenters. The zero-order valence-electron chi connectivity index (χ0n) is 15.0. The van der Waals surface area contributed by atoms with Crippen LogP contribution < -0.4 is 4.74 Å². The summed E-state index contributed by atoms with van der Waals surface area (Å²) >= 11 is 0. The first-order valence-electron chi connectivity index (χ1n) is 8.43. The smallest absolute Gasteiger partial charge is 0.416 e. The van der Waals surface area contributed by atoms with E-state index >= 15 is 0 Å². The Morgan fingerprint density at radius 3 is 2.58 bits per heavy atom. The van der Waals surface area contributed by atoms with E-state index in [0.717, 1.165) is 18.9 Å². The number of halogens is 4. The first-order chi connectivity index (χ1) is 12.0. The van der Waals surface area contributed by atoms with Gasteiger partial charge in [-0.25, -0.2) is 9.18 Å². The van der Waals surface area contributed by atoms with E-state index in [2.05, 4.69) is 0 Å². The number of rotatable bonds is 3. The normalized spacial score (nSPS) is 18.6. The number of hydrogen-bond donors (Lipinski definition) is 0. The van der Waals surface area contributed by atoms with Crippen molar-refractivity contribution >= 4 is 6.09 Å². The quantitative estimate of drug-likeness (QED) is 0.706. The van der Waals surface area contributed by atoms with E-state index in [4.69, 9.17) is 9.47 Å². The van der Waals surface area contributed by atoms with Gasteiger partial charge in [-0.3, -0.25) is 0 Å². The highest BCUT2D eigenvalue weighted by molar-refractivity contribution is 5.68. The number of ether oxygens (including phenoxy) is 2. The third-order valence-corrected chi connectivity index (χ3v) is 3.90. The molecule has 1 atom stereocenters. The van der Waals surface area contributed by atoms with Gasteiger partial charge in [-0.15, -0.1) is 0 Å². The summed E-state index contributed by atoms with van der Waals surface area (Å²) in [5, 5.41) is 0. The van der Waals surface area contributed by atoms with Crippen LogP contribution in [0, 0.1) is 11.7 Å². The molecule has 1 aliphatic heterocycles. The van der Waals surface area contributed by atoms with Gasteiger partial charge in [0.25, 0.3) is 0 Å². The average molecular weight is 377 g/mol. The van der Waals surface area contributed by atoms with Crippen molar-refractivity contribution in [3.63, 3.8) is 0 Å². The molecule has 1 fully saturated rings. The number of hydrogen-bond acceptors (Lipinski definition) is 3. The van der Waals surface area contributed by atoms with E-state index in [1.54, 1.807) is 25.7 Å². The Bertz CT molecular complexity index is 640. The third kappa shape index (κ3) is 5.78. The number of alkyl halides is 3. The van der Waals surface area contributed by atoms with Crippen LogP contribution in [0.15, 0.2) is 18.2 Å². The Labute approximate surface area is 150 Å². The Kier molecular flexibility index (Phi) is 6.03. The molecule has 0 radical (unpaired) electrons. The average Bonchev–Trinajstić information content (AvgIpc) is 2.51. The number of nitrogens with zero attached hydrogens (tertiary/aromatic N) is 1. The molecule has 2 rings (SSSR count). The van der Waals surface area contributed by atoms with Crippen LogP contribution in [0.2, 0.25) is 0 Å². The second-order valence-electron chi connectivity index (χ2n) is 7.39. The van der Waals surface area contributed by atoms with E-state index in [1.807, 2.05) is 0 Å². The fourth-order valence-electron chi connectivity index (χ4n) is 2.69. The lowest BCUT2D eigenvalue weighted by Crippen LogP contribution is -2.44. The summed E-state index contributed by atoms with van der Waals surface area (Å²) < 4.78 is 62.5. The first-order valence-corrected chi connectivity index (χ1v) is 8.43. The molecule has 0 aromatic heterocycles. The molecule has 0 saturated carbocycles. The fourth-order valence-corrected chi connectivity index (χ4v) is 2.69. The Morgan fingerprint density at radius 1 is 1.27 bits per heavy atom. The van der Waals surface area contributed by atoms with Crippen molar-refractivity contribution in [2.24, 2.45) is 5.92 Å². The molecule has 1 aliphatic rings. The van der Waals surface area contributed by atoms with Crippen LogP contribution in [0.3, 0.4) is 0 Å². The first kappa shape index (κ1) is 20.3. The highest BCUT2D eigenvalue weighted by atomic mass is 19.4. The van der Waals surface area contributed by atoms with Gasteiger partial charge in [0.05, 0.1) is 12.2 Å². The lowest BCUT2D eigenvalue weighted by atomic mass is 9.99. The van der Waals surface area contributed by atoms with Crippen molar-refractivity contribution < 1.29 is 31.8 Å². The van der Waals surface area contributed by atoms with Crippen molar-refractivity contribution in [1.82, 2.24) is 4.90 Å². The molecule has 1 aromatic rings. The summed E-state index contributed by atoms with van der Waals surface area (Å²) in [4.78, 5) is 13.7. The molecule has 4 nitrogen and oxygen atoms in total. The summed E-state index contributed by atoms with van der Waals surface area (Å²) in [6.45, 7) is 6.24. The number of carbonyl (C=O) groups excluding carboxylic acids is 1. The van der Waals surface area contributed by atoms with Gasteiger partial charge in [-0.05, 0) is 51.8 Å². The van der Waals surface area contributed by atoms with Crippen LogP contribution in [0.25, 0.3) is 0 Å². The third-order valence-electron chi connectivity index (χ3n) is 3.90. The Morgan fingerprint density at radius 2 is 1.96 bits per heavy atom. The number of likely N-dealkylation sites (tertiary alicyclic amines) is 1. The second-order valence-corrected chi connectivity index (χ2v) is 7.39. The summed E-state index contributed by atoms with van der Waals surface area (Å²) in [6, 6.07) is 2.07. The van der Waals surface area contributed by atoms with E-state index in [-0.39, 0.29) is 12.5 Å². The van der Waals surface area contributed by atoms with Crippen molar-refractivity contribution in [2.45, 2.75) is 45.4 Å². The minimum Gasteiger partial charge on any atom is -0.490 e. The number of amides is 1. The molecule has 26 heavy (non-hydrogen) atoms. The predicted molar refractivity (Wildman–Crippen MR) is 87.4 cm³/mol. The maximum atomic E-state index is 13.7. The summed E-state index contributed by atoms with van der Waals surface area (Å²) in [7, 11) is 0. The van der Waals surface area contributed by atoms with Crippen LogP contribution in [-0.2, 0) is 10.9 Å². The molecule has 8 heteroatoms. The molecule has 1 heterocycles. The van der Waals surface area contributed by atoms with Crippen LogP contribution >= 0.6 is 0 Å². The molecule has 0 bridgehead atoms. The number of benzene rings is 1. The van der Waals surface area contributed by atoms with Gasteiger partial charge in [-0.2, -0.15) is 13.2 Å². The van der Waals surface area contributed by atoms with Gasteiger partial charge in [-0.1, -0.05) is 0 Å². The van der Waals surface area contributed by atoms with Crippen molar-refractivity contribution in [3.05, 3.63) is 29.6 Å². The van der Waals surface area contributed by atoms with Gasteiger partial charge in [0.15, 0.2) is 11.6 Å². The maximum absolute atomic E-state index is 13.7. The molecule has 1 saturated heterocycles. The zero-order valence-corrected chi connectivity index (χ0v) is 15.0. The van der Waals surface area contributed by atoms with Gasteiger partial charge in [0, 0.05) is 19.0 Å². The Balaban J connectivity index is 1.96. The van der Waals surface area contributed by atoms with Crippen LogP contribution in [0.4, 0.5) is 22.4 Å². The van der Waals surface area contributed by atoms with Crippen molar-refractivity contribution in [3.8, 4) is 5.75 Å². The fraction of sp³-hybridized carbons (Fsp3) is 0.611. The van der Waals surface area contributed by atoms with Gasteiger partial charge in [0.1, 0.15) is 5.60 Å². The van der Waals surface area contributed by atoms with E-state index < -0.39 is 35.0 Å². The minimum absolute atomic E-state index is 0.0253. The Hall–Kier alpha value is -1.99. The highest BCUT2D eigenvalue weighted by Gasteiger charge is 2.32.